The molecule has 0 atom stereocenters. The lowest BCUT2D eigenvalue weighted by Crippen LogP contribution is -2.10. The summed E-state index contributed by atoms with van der Waals surface area (Å²) in [6.07, 6.45) is 16.0. The molecule has 0 spiro atoms. The summed E-state index contributed by atoms with van der Waals surface area (Å²) in [7, 11) is 0. The molecular formula is C31H39NO3. The number of unbranched alkanes of at least 4 members (excludes halogenated alkanes) is 11. The van der Waals surface area contributed by atoms with Gasteiger partial charge in [0.1, 0.15) is 0 Å². The second kappa shape index (κ2) is 17.2. The number of aromatic carboxylic acids is 1. The van der Waals surface area contributed by atoms with Crippen molar-refractivity contribution in [1.29, 1.82) is 0 Å². The Morgan fingerprint density at radius 3 is 1.97 bits per heavy atom. The molecule has 0 aliphatic rings. The van der Waals surface area contributed by atoms with Crippen molar-refractivity contribution in [2.45, 2.75) is 96.8 Å². The number of carbonyl (C=O) groups is 2. The Bertz CT molecular complexity index is 1070. The SMILES string of the molecule is CCCCCCCCCCCCC#CC#CCCCC(=O)Nc1ccc2cc(C(=O)O)ccc2c1. The monoisotopic (exact) mass is 473 g/mol. The van der Waals surface area contributed by atoms with Crippen molar-refractivity contribution in [3.05, 3.63) is 42.0 Å². The summed E-state index contributed by atoms with van der Waals surface area (Å²) >= 11 is 0. The molecule has 0 fully saturated rings. The van der Waals surface area contributed by atoms with Gasteiger partial charge in [-0.05, 0) is 59.7 Å². The highest BCUT2D eigenvalue weighted by atomic mass is 16.4. The lowest BCUT2D eigenvalue weighted by atomic mass is 10.1. The van der Waals surface area contributed by atoms with Crippen LogP contribution in [0.1, 0.15) is 107 Å². The number of amides is 1. The summed E-state index contributed by atoms with van der Waals surface area (Å²) in [5.74, 6) is 11.0. The molecule has 2 N–H and O–H groups in total. The van der Waals surface area contributed by atoms with Gasteiger partial charge < -0.3 is 10.4 Å². The van der Waals surface area contributed by atoms with Crippen LogP contribution in [0.4, 0.5) is 5.69 Å². The molecule has 0 unspecified atom stereocenters. The molecule has 2 rings (SSSR count). The summed E-state index contributed by atoms with van der Waals surface area (Å²) in [6, 6.07) is 10.4. The highest BCUT2D eigenvalue weighted by Crippen LogP contribution is 2.21. The van der Waals surface area contributed by atoms with E-state index in [1.807, 2.05) is 12.1 Å². The third-order valence-electron chi connectivity index (χ3n) is 5.97. The molecule has 1 amide bonds. The van der Waals surface area contributed by atoms with E-state index in [4.69, 9.17) is 5.11 Å². The average Bonchev–Trinajstić information content (AvgIpc) is 2.85. The van der Waals surface area contributed by atoms with Crippen molar-refractivity contribution in [2.75, 3.05) is 5.32 Å². The minimum Gasteiger partial charge on any atom is -0.478 e. The molecule has 0 aliphatic heterocycles. The highest BCUT2D eigenvalue weighted by Gasteiger charge is 2.06. The van der Waals surface area contributed by atoms with Gasteiger partial charge >= 0.3 is 5.97 Å². The number of rotatable bonds is 15. The van der Waals surface area contributed by atoms with Crippen LogP contribution in [0.2, 0.25) is 0 Å². The standard InChI is InChI=1S/C31H39NO3/c1-2-3-4-5-6-7-8-9-10-11-12-13-14-15-16-17-18-19-30(33)32-29-23-22-26-24-28(31(34)35)21-20-27(26)25-29/h20-25H,2-12,17-19H2,1H3,(H,32,33)(H,34,35). The maximum absolute atomic E-state index is 12.2. The number of hydrogen-bond donors (Lipinski definition) is 2. The van der Waals surface area contributed by atoms with E-state index in [1.54, 1.807) is 24.3 Å². The number of nitrogens with one attached hydrogen (secondary N) is 1. The predicted molar refractivity (Wildman–Crippen MR) is 145 cm³/mol. The average molecular weight is 474 g/mol. The van der Waals surface area contributed by atoms with Gasteiger partial charge in [0.2, 0.25) is 5.91 Å². The number of anilines is 1. The third kappa shape index (κ3) is 12.2. The van der Waals surface area contributed by atoms with E-state index < -0.39 is 5.97 Å². The Morgan fingerprint density at radius 1 is 0.743 bits per heavy atom. The second-order valence-corrected chi connectivity index (χ2v) is 9.02. The largest absolute Gasteiger partial charge is 0.478 e. The molecule has 4 nitrogen and oxygen atoms in total. The van der Waals surface area contributed by atoms with Gasteiger partial charge in [-0.25, -0.2) is 4.79 Å². The Labute approximate surface area is 210 Å². The molecule has 0 saturated heterocycles. The summed E-state index contributed by atoms with van der Waals surface area (Å²) < 4.78 is 0. The van der Waals surface area contributed by atoms with E-state index in [2.05, 4.69) is 35.9 Å². The molecule has 0 heterocycles. The fourth-order valence-corrected chi connectivity index (χ4v) is 3.93. The Hall–Kier alpha value is -3.24. The fraction of sp³-hybridized carbons (Fsp3) is 0.484. The van der Waals surface area contributed by atoms with Crippen LogP contribution >= 0.6 is 0 Å². The van der Waals surface area contributed by atoms with E-state index in [-0.39, 0.29) is 11.5 Å². The van der Waals surface area contributed by atoms with Gasteiger partial charge in [-0.15, -0.1) is 0 Å². The van der Waals surface area contributed by atoms with Crippen molar-refractivity contribution in [2.24, 2.45) is 0 Å². The zero-order valence-electron chi connectivity index (χ0n) is 21.1. The van der Waals surface area contributed by atoms with E-state index in [0.29, 0.717) is 24.9 Å². The first-order chi connectivity index (χ1) is 17.1. The number of carboxylic acids is 1. The topological polar surface area (TPSA) is 66.4 Å². The number of carboxylic acid groups (broad SMARTS) is 1. The maximum atomic E-state index is 12.2. The van der Waals surface area contributed by atoms with Gasteiger partial charge in [-0.1, -0.05) is 88.7 Å². The zero-order chi connectivity index (χ0) is 25.1. The van der Waals surface area contributed by atoms with Crippen LogP contribution < -0.4 is 5.32 Å². The first kappa shape index (κ1) is 28.0. The van der Waals surface area contributed by atoms with E-state index in [1.165, 1.54) is 57.8 Å². The maximum Gasteiger partial charge on any atom is 0.335 e. The van der Waals surface area contributed by atoms with Crippen LogP contribution in [0, 0.1) is 23.7 Å². The number of hydrogen-bond acceptors (Lipinski definition) is 2. The van der Waals surface area contributed by atoms with Crippen LogP contribution in [0.25, 0.3) is 10.8 Å². The van der Waals surface area contributed by atoms with Crippen LogP contribution in [-0.2, 0) is 4.79 Å². The minimum absolute atomic E-state index is 0.0552. The molecule has 2 aromatic carbocycles. The zero-order valence-corrected chi connectivity index (χ0v) is 21.1. The molecule has 0 aliphatic carbocycles. The summed E-state index contributed by atoms with van der Waals surface area (Å²) in [6.45, 7) is 2.26. The summed E-state index contributed by atoms with van der Waals surface area (Å²) in [5, 5.41) is 13.7. The Kier molecular flexibility index (Phi) is 13.8. The number of fused-ring (bicyclic) bond motifs is 1. The summed E-state index contributed by atoms with van der Waals surface area (Å²) in [5.41, 5.74) is 0.952. The van der Waals surface area contributed by atoms with E-state index in [9.17, 15) is 9.59 Å². The van der Waals surface area contributed by atoms with Crippen LogP contribution in [-0.4, -0.2) is 17.0 Å². The van der Waals surface area contributed by atoms with Crippen molar-refractivity contribution in [3.63, 3.8) is 0 Å². The first-order valence-electron chi connectivity index (χ1n) is 13.1. The molecule has 0 bridgehead atoms. The van der Waals surface area contributed by atoms with Crippen molar-refractivity contribution in [3.8, 4) is 23.7 Å². The molecule has 0 aromatic heterocycles. The Morgan fingerprint density at radius 2 is 1.31 bits per heavy atom. The van der Waals surface area contributed by atoms with Crippen molar-refractivity contribution < 1.29 is 14.7 Å². The number of carbonyl (C=O) groups excluding carboxylic acids is 1. The molecular weight excluding hydrogens is 434 g/mol. The lowest BCUT2D eigenvalue weighted by Gasteiger charge is -2.07. The molecule has 0 radical (unpaired) electrons. The molecule has 0 saturated carbocycles. The molecule has 35 heavy (non-hydrogen) atoms. The van der Waals surface area contributed by atoms with Gasteiger partial charge in [0, 0.05) is 24.9 Å². The highest BCUT2D eigenvalue weighted by molar-refractivity contribution is 5.97. The van der Waals surface area contributed by atoms with Crippen LogP contribution in [0.3, 0.4) is 0 Å². The summed E-state index contributed by atoms with van der Waals surface area (Å²) in [4.78, 5) is 23.3. The lowest BCUT2D eigenvalue weighted by molar-refractivity contribution is -0.116. The molecule has 186 valence electrons. The van der Waals surface area contributed by atoms with Crippen LogP contribution in [0.15, 0.2) is 36.4 Å². The number of benzene rings is 2. The van der Waals surface area contributed by atoms with Crippen LogP contribution in [0.5, 0.6) is 0 Å². The van der Waals surface area contributed by atoms with Gasteiger partial charge in [0.05, 0.1) is 5.56 Å². The van der Waals surface area contributed by atoms with E-state index in [0.717, 1.165) is 23.6 Å². The van der Waals surface area contributed by atoms with Gasteiger partial charge in [0.15, 0.2) is 0 Å². The Balaban J connectivity index is 1.53. The first-order valence-corrected chi connectivity index (χ1v) is 13.1. The third-order valence-corrected chi connectivity index (χ3v) is 5.97. The molecule has 2 aromatic rings. The predicted octanol–water partition coefficient (Wildman–Crippen LogP) is 7.96. The normalized spacial score (nSPS) is 10.2. The van der Waals surface area contributed by atoms with Crippen molar-refractivity contribution in [1.82, 2.24) is 0 Å². The fourth-order valence-electron chi connectivity index (χ4n) is 3.93. The van der Waals surface area contributed by atoms with Gasteiger partial charge in [0.25, 0.3) is 0 Å². The van der Waals surface area contributed by atoms with Crippen molar-refractivity contribution >= 4 is 28.3 Å². The van der Waals surface area contributed by atoms with Gasteiger partial charge in [-0.3, -0.25) is 4.79 Å². The quantitative estimate of drug-likeness (QED) is 0.204. The smallest absolute Gasteiger partial charge is 0.335 e. The second-order valence-electron chi connectivity index (χ2n) is 9.02. The molecule has 4 heteroatoms. The minimum atomic E-state index is -0.951. The van der Waals surface area contributed by atoms with E-state index >= 15 is 0 Å². The van der Waals surface area contributed by atoms with Gasteiger partial charge in [-0.2, -0.15) is 0 Å².